The van der Waals surface area contributed by atoms with Crippen LogP contribution in [0.3, 0.4) is 0 Å². The van der Waals surface area contributed by atoms with Gasteiger partial charge in [0.15, 0.2) is 0 Å². The first-order valence-electron chi connectivity index (χ1n) is 6.34. The van der Waals surface area contributed by atoms with Crippen molar-refractivity contribution in [1.82, 2.24) is 0 Å². The van der Waals surface area contributed by atoms with Crippen molar-refractivity contribution in [1.29, 1.82) is 0 Å². The summed E-state index contributed by atoms with van der Waals surface area (Å²) in [6, 6.07) is 10.5. The normalized spacial score (nSPS) is 9.65. The fourth-order valence-corrected chi connectivity index (χ4v) is 1.36. The van der Waals surface area contributed by atoms with E-state index in [1.165, 1.54) is 5.56 Å². The maximum atomic E-state index is 9.87. The number of benzene rings is 1. The van der Waals surface area contributed by atoms with Gasteiger partial charge in [0.1, 0.15) is 0 Å². The first-order chi connectivity index (χ1) is 8.07. The Labute approximate surface area is 105 Å². The molecule has 1 rings (SSSR count). The lowest BCUT2D eigenvalue weighted by molar-refractivity contribution is -0.137. The largest absolute Gasteiger partial charge is 0.481 e. The third-order valence-electron chi connectivity index (χ3n) is 2.46. The number of unbranched alkanes of at least 4 members (excludes halogenated alkanes) is 2. The summed E-state index contributed by atoms with van der Waals surface area (Å²) < 4.78 is 0. The Kier molecular flexibility index (Phi) is 9.12. The molecule has 0 atom stereocenters. The van der Waals surface area contributed by atoms with Gasteiger partial charge in [-0.15, -0.1) is 0 Å². The molecule has 0 aliphatic heterocycles. The van der Waals surface area contributed by atoms with E-state index in [4.69, 9.17) is 5.11 Å². The van der Waals surface area contributed by atoms with Crippen LogP contribution in [0.5, 0.6) is 0 Å². The van der Waals surface area contributed by atoms with Crippen molar-refractivity contribution < 1.29 is 9.90 Å². The molecule has 1 aromatic carbocycles. The van der Waals surface area contributed by atoms with Gasteiger partial charge in [-0.05, 0) is 17.9 Å². The van der Waals surface area contributed by atoms with E-state index < -0.39 is 5.97 Å². The van der Waals surface area contributed by atoms with Crippen molar-refractivity contribution in [2.45, 2.75) is 52.4 Å². The Morgan fingerprint density at radius 1 is 1.18 bits per heavy atom. The van der Waals surface area contributed by atoms with Crippen LogP contribution >= 0.6 is 0 Å². The number of hydrogen-bond acceptors (Lipinski definition) is 1. The smallest absolute Gasteiger partial charge is 0.303 e. The number of hydrogen-bond donors (Lipinski definition) is 1. The Bertz CT molecular complexity index is 291. The molecule has 0 aliphatic rings. The van der Waals surface area contributed by atoms with Crippen LogP contribution in [0, 0.1) is 0 Å². The quantitative estimate of drug-likeness (QED) is 0.766. The SMILES string of the molecule is CC(C)c1ccccc1.CCCCCC(=O)O. The van der Waals surface area contributed by atoms with E-state index in [9.17, 15) is 4.79 Å². The van der Waals surface area contributed by atoms with Crippen molar-refractivity contribution in [2.24, 2.45) is 0 Å². The topological polar surface area (TPSA) is 37.3 Å². The lowest BCUT2D eigenvalue weighted by atomic mass is 10.0. The molecule has 2 heteroatoms. The highest BCUT2D eigenvalue weighted by molar-refractivity contribution is 5.66. The molecule has 0 unspecified atom stereocenters. The first-order valence-corrected chi connectivity index (χ1v) is 6.34. The van der Waals surface area contributed by atoms with Crippen LogP contribution in [-0.2, 0) is 4.79 Å². The molecule has 96 valence electrons. The van der Waals surface area contributed by atoms with Crippen molar-refractivity contribution in [2.75, 3.05) is 0 Å². The number of carbonyl (C=O) groups is 1. The summed E-state index contributed by atoms with van der Waals surface area (Å²) >= 11 is 0. The standard InChI is InChI=1S/C9H12.C6H12O2/c1-8(2)9-6-4-3-5-7-9;1-2-3-4-5-6(7)8/h3-8H,1-2H3;2-5H2,1H3,(H,7,8). The predicted molar refractivity (Wildman–Crippen MR) is 72.3 cm³/mol. The van der Waals surface area contributed by atoms with Crippen LogP contribution in [0.2, 0.25) is 0 Å². The molecule has 0 saturated heterocycles. The summed E-state index contributed by atoms with van der Waals surface area (Å²) in [6.07, 6.45) is 3.28. The van der Waals surface area contributed by atoms with Gasteiger partial charge in [0.05, 0.1) is 0 Å². The van der Waals surface area contributed by atoms with Crippen LogP contribution < -0.4 is 0 Å². The number of rotatable bonds is 5. The monoisotopic (exact) mass is 236 g/mol. The van der Waals surface area contributed by atoms with E-state index in [-0.39, 0.29) is 0 Å². The fraction of sp³-hybridized carbons (Fsp3) is 0.533. The Hall–Kier alpha value is -1.31. The highest BCUT2D eigenvalue weighted by Crippen LogP contribution is 2.11. The van der Waals surface area contributed by atoms with Crippen molar-refractivity contribution in [3.63, 3.8) is 0 Å². The Morgan fingerprint density at radius 2 is 1.76 bits per heavy atom. The van der Waals surface area contributed by atoms with Crippen LogP contribution in [0.15, 0.2) is 30.3 Å². The van der Waals surface area contributed by atoms with E-state index >= 15 is 0 Å². The van der Waals surface area contributed by atoms with Gasteiger partial charge in [-0.1, -0.05) is 63.9 Å². The Morgan fingerprint density at radius 3 is 2.12 bits per heavy atom. The molecule has 0 heterocycles. The lowest BCUT2D eigenvalue weighted by Gasteiger charge is -2.01. The van der Waals surface area contributed by atoms with Gasteiger partial charge in [-0.25, -0.2) is 0 Å². The molecular weight excluding hydrogens is 212 g/mol. The summed E-state index contributed by atoms with van der Waals surface area (Å²) in [7, 11) is 0. The summed E-state index contributed by atoms with van der Waals surface area (Å²) in [5.41, 5.74) is 1.41. The molecule has 0 fully saturated rings. The second-order valence-electron chi connectivity index (χ2n) is 4.42. The van der Waals surface area contributed by atoms with Crippen LogP contribution in [0.1, 0.15) is 57.9 Å². The Balaban J connectivity index is 0.000000304. The minimum absolute atomic E-state index is 0.327. The highest BCUT2D eigenvalue weighted by atomic mass is 16.4. The van der Waals surface area contributed by atoms with E-state index in [1.807, 2.05) is 6.07 Å². The molecule has 0 amide bonds. The highest BCUT2D eigenvalue weighted by Gasteiger charge is 1.93. The number of carboxylic acid groups (broad SMARTS) is 1. The predicted octanol–water partition coefficient (Wildman–Crippen LogP) is 4.46. The summed E-state index contributed by atoms with van der Waals surface area (Å²) in [5, 5.41) is 8.14. The molecule has 0 bridgehead atoms. The molecule has 0 aromatic heterocycles. The molecule has 0 aliphatic carbocycles. The van der Waals surface area contributed by atoms with Crippen LogP contribution in [0.4, 0.5) is 0 Å². The molecule has 0 radical (unpaired) electrons. The zero-order chi connectivity index (χ0) is 13.1. The fourth-order valence-electron chi connectivity index (χ4n) is 1.36. The van der Waals surface area contributed by atoms with Gasteiger partial charge in [-0.2, -0.15) is 0 Å². The van der Waals surface area contributed by atoms with Crippen molar-refractivity contribution >= 4 is 5.97 Å². The van der Waals surface area contributed by atoms with Gasteiger partial charge in [0.2, 0.25) is 0 Å². The van der Waals surface area contributed by atoms with E-state index in [0.717, 1.165) is 19.3 Å². The van der Waals surface area contributed by atoms with Gasteiger partial charge in [-0.3, -0.25) is 4.79 Å². The molecule has 0 saturated carbocycles. The third-order valence-corrected chi connectivity index (χ3v) is 2.46. The average Bonchev–Trinajstić information content (AvgIpc) is 2.31. The molecule has 2 nitrogen and oxygen atoms in total. The molecule has 1 N–H and O–H groups in total. The van der Waals surface area contributed by atoms with Gasteiger partial charge in [0.25, 0.3) is 0 Å². The van der Waals surface area contributed by atoms with E-state index in [1.54, 1.807) is 0 Å². The van der Waals surface area contributed by atoms with Crippen molar-refractivity contribution in [3.05, 3.63) is 35.9 Å². The number of aliphatic carboxylic acids is 1. The first kappa shape index (κ1) is 15.7. The summed E-state index contributed by atoms with van der Waals surface area (Å²) in [5.74, 6) is -0.0235. The summed E-state index contributed by atoms with van der Waals surface area (Å²) in [6.45, 7) is 6.46. The minimum atomic E-state index is -0.682. The number of carboxylic acids is 1. The third kappa shape index (κ3) is 9.61. The minimum Gasteiger partial charge on any atom is -0.481 e. The van der Waals surface area contributed by atoms with Gasteiger partial charge < -0.3 is 5.11 Å². The second kappa shape index (κ2) is 9.88. The second-order valence-corrected chi connectivity index (χ2v) is 4.42. The van der Waals surface area contributed by atoms with Crippen LogP contribution in [-0.4, -0.2) is 11.1 Å². The molecule has 0 spiro atoms. The molecule has 17 heavy (non-hydrogen) atoms. The van der Waals surface area contributed by atoms with E-state index in [2.05, 4.69) is 45.0 Å². The maximum Gasteiger partial charge on any atom is 0.303 e. The zero-order valence-electron chi connectivity index (χ0n) is 11.1. The average molecular weight is 236 g/mol. The molecule has 1 aromatic rings. The zero-order valence-corrected chi connectivity index (χ0v) is 11.1. The van der Waals surface area contributed by atoms with Crippen molar-refractivity contribution in [3.8, 4) is 0 Å². The maximum absolute atomic E-state index is 9.87. The van der Waals surface area contributed by atoms with Crippen LogP contribution in [0.25, 0.3) is 0 Å². The molecular formula is C15H24O2. The van der Waals surface area contributed by atoms with E-state index in [0.29, 0.717) is 12.3 Å². The van der Waals surface area contributed by atoms with Gasteiger partial charge >= 0.3 is 5.97 Å². The summed E-state index contributed by atoms with van der Waals surface area (Å²) in [4.78, 5) is 9.87. The van der Waals surface area contributed by atoms with Gasteiger partial charge in [0, 0.05) is 6.42 Å². The lowest BCUT2D eigenvalue weighted by Crippen LogP contribution is -1.92.